The summed E-state index contributed by atoms with van der Waals surface area (Å²) in [5, 5.41) is 3.84. The number of aromatic nitrogens is 2. The number of ether oxygens (including phenoxy) is 1. The van der Waals surface area contributed by atoms with E-state index in [-0.39, 0.29) is 23.8 Å². The number of aromatic amines is 1. The Labute approximate surface area is 183 Å². The van der Waals surface area contributed by atoms with Crippen LogP contribution in [0.1, 0.15) is 36.0 Å². The quantitative estimate of drug-likeness (QED) is 0.431. The van der Waals surface area contributed by atoms with Gasteiger partial charge in [-0.15, -0.1) is 0 Å². The van der Waals surface area contributed by atoms with Crippen LogP contribution in [-0.2, 0) is 10.5 Å². The Kier molecular flexibility index (Phi) is 6.11. The van der Waals surface area contributed by atoms with E-state index in [0.29, 0.717) is 39.7 Å². The van der Waals surface area contributed by atoms with Crippen molar-refractivity contribution >= 4 is 35.1 Å². The van der Waals surface area contributed by atoms with Crippen molar-refractivity contribution in [2.24, 2.45) is 0 Å². The number of nitrogens with one attached hydrogen (secondary N) is 2. The van der Waals surface area contributed by atoms with Crippen molar-refractivity contribution in [3.05, 3.63) is 80.6 Å². The summed E-state index contributed by atoms with van der Waals surface area (Å²) in [5.41, 5.74) is 2.00. The number of hydrogen-bond donors (Lipinski definition) is 2. The Morgan fingerprint density at radius 3 is 2.83 bits per heavy atom. The number of nitrogens with zero attached hydrogens (tertiary/aromatic N) is 1. The standard InChI is InChI=1S/C22H20ClN3O3S/c1-2-29-15-8-5-7-13(10-15)16-11-18(27)24-20-19(16)21(28)26-22(25-20)30-12-14-6-3-4-9-17(14)23/h3-10,16H,2,11-12H2,1H3,(H2,24,25,26,27,28). The molecule has 1 amide bonds. The second-order valence-corrected chi connectivity index (χ2v) is 8.20. The largest absolute Gasteiger partial charge is 0.494 e. The highest BCUT2D eigenvalue weighted by Crippen LogP contribution is 2.36. The van der Waals surface area contributed by atoms with Gasteiger partial charge in [0.2, 0.25) is 5.91 Å². The van der Waals surface area contributed by atoms with Gasteiger partial charge < -0.3 is 15.0 Å². The molecule has 6 nitrogen and oxygen atoms in total. The average Bonchev–Trinajstić information content (AvgIpc) is 2.73. The summed E-state index contributed by atoms with van der Waals surface area (Å²) in [5.74, 6) is 1.01. The fraction of sp³-hybridized carbons (Fsp3) is 0.227. The molecular formula is C22H20ClN3O3S. The number of thioether (sulfide) groups is 1. The van der Waals surface area contributed by atoms with E-state index in [0.717, 1.165) is 11.1 Å². The zero-order chi connectivity index (χ0) is 21.1. The molecule has 0 fully saturated rings. The third-order valence-corrected chi connectivity index (χ3v) is 6.11. The van der Waals surface area contributed by atoms with Gasteiger partial charge in [-0.25, -0.2) is 4.98 Å². The zero-order valence-corrected chi connectivity index (χ0v) is 17.8. The first kappa shape index (κ1) is 20.5. The third-order valence-electron chi connectivity index (χ3n) is 4.82. The Morgan fingerprint density at radius 2 is 2.03 bits per heavy atom. The van der Waals surface area contributed by atoms with Gasteiger partial charge in [-0.1, -0.05) is 53.7 Å². The molecule has 3 aromatic rings. The van der Waals surface area contributed by atoms with Crippen LogP contribution in [0, 0.1) is 0 Å². The summed E-state index contributed by atoms with van der Waals surface area (Å²) in [4.78, 5) is 32.6. The molecule has 0 spiro atoms. The minimum atomic E-state index is -0.381. The van der Waals surface area contributed by atoms with Gasteiger partial charge in [-0.3, -0.25) is 9.59 Å². The number of rotatable bonds is 6. The first-order valence-electron chi connectivity index (χ1n) is 9.58. The van der Waals surface area contributed by atoms with Gasteiger partial charge in [0.15, 0.2) is 5.16 Å². The average molecular weight is 442 g/mol. The maximum atomic E-state index is 12.9. The van der Waals surface area contributed by atoms with Crippen LogP contribution in [0.2, 0.25) is 5.02 Å². The number of hydrogen-bond acceptors (Lipinski definition) is 5. The lowest BCUT2D eigenvalue weighted by Crippen LogP contribution is -2.31. The van der Waals surface area contributed by atoms with Gasteiger partial charge in [-0.05, 0) is 36.2 Å². The normalized spacial score (nSPS) is 15.4. The maximum absolute atomic E-state index is 12.9. The van der Waals surface area contributed by atoms with Gasteiger partial charge in [0.1, 0.15) is 11.6 Å². The first-order chi connectivity index (χ1) is 14.5. The molecule has 0 saturated heterocycles. The highest BCUT2D eigenvalue weighted by atomic mass is 35.5. The lowest BCUT2D eigenvalue weighted by atomic mass is 9.87. The first-order valence-corrected chi connectivity index (χ1v) is 10.9. The number of H-pyrrole nitrogens is 1. The van der Waals surface area contributed by atoms with Crippen LogP contribution in [0.15, 0.2) is 58.5 Å². The Hall–Kier alpha value is -2.77. The van der Waals surface area contributed by atoms with Crippen LogP contribution in [0.5, 0.6) is 5.75 Å². The van der Waals surface area contributed by atoms with Gasteiger partial charge in [0, 0.05) is 23.1 Å². The van der Waals surface area contributed by atoms with E-state index < -0.39 is 0 Å². The van der Waals surface area contributed by atoms with Crippen molar-refractivity contribution in [1.29, 1.82) is 0 Å². The fourth-order valence-electron chi connectivity index (χ4n) is 3.45. The molecule has 4 rings (SSSR count). The van der Waals surface area contributed by atoms with Gasteiger partial charge in [0.25, 0.3) is 5.56 Å². The fourth-order valence-corrected chi connectivity index (χ4v) is 4.60. The van der Waals surface area contributed by atoms with E-state index >= 15 is 0 Å². The molecule has 2 aromatic carbocycles. The summed E-state index contributed by atoms with van der Waals surface area (Å²) in [7, 11) is 0. The number of carbonyl (C=O) groups excluding carboxylic acids is 1. The molecule has 0 bridgehead atoms. The minimum Gasteiger partial charge on any atom is -0.494 e. The van der Waals surface area contributed by atoms with Crippen LogP contribution < -0.4 is 15.6 Å². The van der Waals surface area contributed by atoms with Crippen LogP contribution in [-0.4, -0.2) is 22.5 Å². The second kappa shape index (κ2) is 8.93. The molecule has 2 N–H and O–H groups in total. The highest BCUT2D eigenvalue weighted by molar-refractivity contribution is 7.98. The predicted molar refractivity (Wildman–Crippen MR) is 119 cm³/mol. The molecule has 1 aliphatic heterocycles. The zero-order valence-electron chi connectivity index (χ0n) is 16.3. The number of amides is 1. The van der Waals surface area contributed by atoms with Crippen LogP contribution in [0.25, 0.3) is 0 Å². The molecule has 0 radical (unpaired) electrons. The Bertz CT molecular complexity index is 1150. The monoisotopic (exact) mass is 441 g/mol. The van der Waals surface area contributed by atoms with Crippen molar-refractivity contribution in [3.63, 3.8) is 0 Å². The molecule has 1 atom stereocenters. The predicted octanol–water partition coefficient (Wildman–Crippen LogP) is 4.59. The summed E-state index contributed by atoms with van der Waals surface area (Å²) in [6, 6.07) is 15.0. The Balaban J connectivity index is 1.65. The third kappa shape index (κ3) is 4.37. The minimum absolute atomic E-state index is 0.172. The van der Waals surface area contributed by atoms with E-state index in [2.05, 4.69) is 15.3 Å². The van der Waals surface area contributed by atoms with Gasteiger partial charge in [-0.2, -0.15) is 0 Å². The number of halogens is 1. The van der Waals surface area contributed by atoms with Gasteiger partial charge >= 0.3 is 0 Å². The molecule has 2 heterocycles. The Morgan fingerprint density at radius 1 is 1.20 bits per heavy atom. The highest BCUT2D eigenvalue weighted by Gasteiger charge is 2.31. The van der Waals surface area contributed by atoms with E-state index in [9.17, 15) is 9.59 Å². The van der Waals surface area contributed by atoms with Crippen LogP contribution in [0.4, 0.5) is 5.82 Å². The van der Waals surface area contributed by atoms with Gasteiger partial charge in [0.05, 0.1) is 12.2 Å². The topological polar surface area (TPSA) is 84.1 Å². The molecule has 0 saturated carbocycles. The van der Waals surface area contributed by atoms with Crippen LogP contribution in [0.3, 0.4) is 0 Å². The van der Waals surface area contributed by atoms with E-state index in [4.69, 9.17) is 16.3 Å². The second-order valence-electron chi connectivity index (χ2n) is 6.82. The molecule has 0 aliphatic carbocycles. The summed E-state index contributed by atoms with van der Waals surface area (Å²) >= 11 is 7.57. The number of carbonyl (C=O) groups is 1. The van der Waals surface area contributed by atoms with Crippen molar-refractivity contribution < 1.29 is 9.53 Å². The molecule has 1 unspecified atom stereocenters. The van der Waals surface area contributed by atoms with E-state index in [1.807, 2.05) is 55.5 Å². The molecule has 30 heavy (non-hydrogen) atoms. The van der Waals surface area contributed by atoms with E-state index in [1.54, 1.807) is 0 Å². The number of benzene rings is 2. The molecule has 1 aliphatic rings. The summed E-state index contributed by atoms with van der Waals surface area (Å²) in [6.07, 6.45) is 0.180. The number of anilines is 1. The lowest BCUT2D eigenvalue weighted by molar-refractivity contribution is -0.116. The van der Waals surface area contributed by atoms with Crippen molar-refractivity contribution in [2.45, 2.75) is 30.2 Å². The molecule has 8 heteroatoms. The SMILES string of the molecule is CCOc1cccc(C2CC(=O)Nc3nc(SCc4ccccc4Cl)[nH]c(=O)c32)c1. The summed E-state index contributed by atoms with van der Waals surface area (Å²) < 4.78 is 5.57. The molecular weight excluding hydrogens is 422 g/mol. The van der Waals surface area contributed by atoms with Crippen molar-refractivity contribution in [1.82, 2.24) is 9.97 Å². The number of fused-ring (bicyclic) bond motifs is 1. The van der Waals surface area contributed by atoms with Crippen molar-refractivity contribution in [2.75, 3.05) is 11.9 Å². The molecule has 154 valence electrons. The molecule has 1 aromatic heterocycles. The van der Waals surface area contributed by atoms with Crippen LogP contribution >= 0.6 is 23.4 Å². The van der Waals surface area contributed by atoms with Crippen molar-refractivity contribution in [3.8, 4) is 5.75 Å². The van der Waals surface area contributed by atoms with E-state index in [1.165, 1.54) is 11.8 Å². The lowest BCUT2D eigenvalue weighted by Gasteiger charge is -2.24. The summed E-state index contributed by atoms with van der Waals surface area (Å²) in [6.45, 7) is 2.45. The smallest absolute Gasteiger partial charge is 0.257 e. The maximum Gasteiger partial charge on any atom is 0.257 e.